The zero-order valence-corrected chi connectivity index (χ0v) is 8.67. The molecular formula is C12H14BN. The Kier molecular flexibility index (Phi) is 2.36. The highest BCUT2D eigenvalue weighted by Gasteiger charge is 2.00. The van der Waals surface area contributed by atoms with Crippen molar-refractivity contribution in [2.75, 3.05) is 0 Å². The van der Waals surface area contributed by atoms with Crippen molar-refractivity contribution in [1.29, 1.82) is 0 Å². The van der Waals surface area contributed by atoms with Crippen LogP contribution in [-0.4, -0.2) is 12.8 Å². The van der Waals surface area contributed by atoms with Crippen molar-refractivity contribution in [2.45, 2.75) is 20.3 Å². The predicted octanol–water partition coefficient (Wildman–Crippen LogP) is 0.976. The van der Waals surface area contributed by atoms with Gasteiger partial charge in [-0.1, -0.05) is 30.6 Å². The van der Waals surface area contributed by atoms with E-state index in [1.54, 1.807) is 0 Å². The maximum absolute atomic E-state index is 5.90. The van der Waals surface area contributed by atoms with Crippen LogP contribution in [0.4, 0.5) is 0 Å². The number of fused-ring (bicyclic) bond motifs is 1. The second kappa shape index (κ2) is 3.53. The van der Waals surface area contributed by atoms with Gasteiger partial charge in [0.15, 0.2) is 0 Å². The molecule has 0 aliphatic heterocycles. The molecule has 2 radical (unpaired) electrons. The van der Waals surface area contributed by atoms with Gasteiger partial charge in [0.2, 0.25) is 0 Å². The Morgan fingerprint density at radius 3 is 3.07 bits per heavy atom. The molecule has 0 fully saturated rings. The smallest absolute Gasteiger partial charge is 0.113 e. The molecule has 0 amide bonds. The van der Waals surface area contributed by atoms with Crippen LogP contribution in [-0.2, 0) is 0 Å². The van der Waals surface area contributed by atoms with Gasteiger partial charge in [-0.05, 0) is 30.5 Å². The fourth-order valence-electron chi connectivity index (χ4n) is 1.85. The maximum atomic E-state index is 5.90. The quantitative estimate of drug-likeness (QED) is 0.577. The van der Waals surface area contributed by atoms with Crippen molar-refractivity contribution in [3.63, 3.8) is 0 Å². The van der Waals surface area contributed by atoms with Crippen molar-refractivity contribution in [3.8, 4) is 0 Å². The van der Waals surface area contributed by atoms with Gasteiger partial charge in [-0.15, -0.1) is 0 Å². The average Bonchev–Trinajstić information content (AvgIpc) is 2.40. The van der Waals surface area contributed by atoms with Gasteiger partial charge in [0.05, 0.1) is 0 Å². The third-order valence-corrected chi connectivity index (χ3v) is 2.51. The number of aromatic amines is 1. The lowest BCUT2D eigenvalue weighted by atomic mass is 9.89. The highest BCUT2D eigenvalue weighted by Crippen LogP contribution is 2.08. The number of nitrogens with one attached hydrogen (secondary N) is 1. The molecule has 0 saturated heterocycles. The number of hydrogen-bond donors (Lipinski definition) is 1. The molecule has 2 heteroatoms. The average molecular weight is 183 g/mol. The van der Waals surface area contributed by atoms with Crippen LogP contribution in [0.2, 0.25) is 0 Å². The third-order valence-electron chi connectivity index (χ3n) is 2.51. The Hall–Kier alpha value is -1.18. The lowest BCUT2D eigenvalue weighted by Gasteiger charge is -2.04. The van der Waals surface area contributed by atoms with Crippen LogP contribution < -0.4 is 10.6 Å². The Bertz CT molecular complexity index is 479. The Morgan fingerprint density at radius 1 is 1.50 bits per heavy atom. The maximum Gasteiger partial charge on any atom is 0.113 e. The summed E-state index contributed by atoms with van der Waals surface area (Å²) in [5.41, 5.74) is 2.05. The summed E-state index contributed by atoms with van der Waals surface area (Å²) in [5.74, 6) is 0.517. The SMILES string of the molecule is [B]C1=CC(C)CC=c2[nH]c(C)cc2=C1. The van der Waals surface area contributed by atoms with Crippen LogP contribution in [0.25, 0.3) is 12.2 Å². The minimum absolute atomic E-state index is 0.517. The number of rotatable bonds is 0. The summed E-state index contributed by atoms with van der Waals surface area (Å²) in [4.78, 5) is 3.34. The summed E-state index contributed by atoms with van der Waals surface area (Å²) in [5, 5.41) is 2.40. The minimum atomic E-state index is 0.517. The molecule has 2 rings (SSSR count). The molecule has 1 N–H and O–H groups in total. The molecule has 0 saturated carbocycles. The van der Waals surface area contributed by atoms with Crippen LogP contribution >= 0.6 is 0 Å². The van der Waals surface area contributed by atoms with Crippen LogP contribution in [0.15, 0.2) is 17.6 Å². The van der Waals surface area contributed by atoms with Crippen molar-refractivity contribution in [2.24, 2.45) is 5.92 Å². The Labute approximate surface area is 85.6 Å². The first-order chi connectivity index (χ1) is 6.65. The second-order valence-electron chi connectivity index (χ2n) is 4.05. The van der Waals surface area contributed by atoms with E-state index in [-0.39, 0.29) is 0 Å². The fourth-order valence-corrected chi connectivity index (χ4v) is 1.85. The van der Waals surface area contributed by atoms with Gasteiger partial charge >= 0.3 is 0 Å². The first-order valence-corrected chi connectivity index (χ1v) is 5.00. The molecule has 14 heavy (non-hydrogen) atoms. The standard InChI is InChI=1S/C12H14BN/c1-8-3-4-12-10(6-9(2)14-12)7-11(13)5-8/h4-8,14H,3H2,1-2H3. The lowest BCUT2D eigenvalue weighted by Crippen LogP contribution is -2.23. The summed E-state index contributed by atoms with van der Waals surface area (Å²) in [6, 6.07) is 2.13. The predicted molar refractivity (Wildman–Crippen MR) is 61.3 cm³/mol. The molecule has 0 spiro atoms. The summed E-state index contributed by atoms with van der Waals surface area (Å²) >= 11 is 0. The van der Waals surface area contributed by atoms with Crippen LogP contribution in [0.5, 0.6) is 0 Å². The third kappa shape index (κ3) is 1.84. The van der Waals surface area contributed by atoms with E-state index < -0.39 is 0 Å². The van der Waals surface area contributed by atoms with Crippen molar-refractivity contribution in [3.05, 3.63) is 33.9 Å². The van der Waals surface area contributed by atoms with E-state index in [4.69, 9.17) is 7.85 Å². The normalized spacial score (nSPS) is 21.0. The molecule has 1 aromatic heterocycles. The molecule has 0 bridgehead atoms. The zero-order chi connectivity index (χ0) is 10.1. The molecule has 1 aliphatic carbocycles. The van der Waals surface area contributed by atoms with Crippen LogP contribution in [0, 0.1) is 12.8 Å². The van der Waals surface area contributed by atoms with E-state index >= 15 is 0 Å². The molecular weight excluding hydrogens is 169 g/mol. The van der Waals surface area contributed by atoms with Gasteiger partial charge in [0.25, 0.3) is 0 Å². The van der Waals surface area contributed by atoms with Crippen molar-refractivity contribution in [1.82, 2.24) is 4.98 Å². The van der Waals surface area contributed by atoms with E-state index in [1.807, 2.05) is 6.08 Å². The molecule has 1 aliphatic rings. The second-order valence-corrected chi connectivity index (χ2v) is 4.05. The number of hydrogen-bond acceptors (Lipinski definition) is 0. The highest BCUT2D eigenvalue weighted by atomic mass is 14.7. The van der Waals surface area contributed by atoms with E-state index in [0.29, 0.717) is 5.92 Å². The van der Waals surface area contributed by atoms with E-state index in [0.717, 1.165) is 11.9 Å². The number of aromatic nitrogens is 1. The Morgan fingerprint density at radius 2 is 2.29 bits per heavy atom. The van der Waals surface area contributed by atoms with Crippen molar-refractivity contribution >= 4 is 20.0 Å². The zero-order valence-electron chi connectivity index (χ0n) is 8.67. The monoisotopic (exact) mass is 183 g/mol. The Balaban J connectivity index is 2.66. The van der Waals surface area contributed by atoms with Gasteiger partial charge in [0, 0.05) is 11.0 Å². The molecule has 1 aromatic rings. The molecule has 1 unspecified atom stereocenters. The van der Waals surface area contributed by atoms with Gasteiger partial charge < -0.3 is 4.98 Å². The first-order valence-electron chi connectivity index (χ1n) is 5.00. The molecule has 1 heterocycles. The van der Waals surface area contributed by atoms with Gasteiger partial charge in [-0.3, -0.25) is 0 Å². The minimum Gasteiger partial charge on any atom is -0.359 e. The number of aryl methyl sites for hydroxylation is 1. The molecule has 1 nitrogen and oxygen atoms in total. The van der Waals surface area contributed by atoms with Gasteiger partial charge in [0.1, 0.15) is 7.85 Å². The molecule has 0 aromatic carbocycles. The van der Waals surface area contributed by atoms with Gasteiger partial charge in [-0.25, -0.2) is 0 Å². The van der Waals surface area contributed by atoms with Crippen molar-refractivity contribution < 1.29 is 0 Å². The molecule has 1 atom stereocenters. The van der Waals surface area contributed by atoms with E-state index in [1.165, 1.54) is 16.3 Å². The van der Waals surface area contributed by atoms with Crippen LogP contribution in [0.3, 0.4) is 0 Å². The first kappa shape index (κ1) is 9.38. The fraction of sp³-hybridized carbons (Fsp3) is 0.333. The summed E-state index contributed by atoms with van der Waals surface area (Å²) in [6.07, 6.45) is 7.43. The molecule has 70 valence electrons. The number of allylic oxidation sites excluding steroid dienone is 2. The van der Waals surface area contributed by atoms with Crippen LogP contribution in [0.1, 0.15) is 19.0 Å². The van der Waals surface area contributed by atoms with Gasteiger partial charge in [-0.2, -0.15) is 0 Å². The summed E-state index contributed by atoms with van der Waals surface area (Å²) in [7, 11) is 5.90. The topological polar surface area (TPSA) is 15.8 Å². The van der Waals surface area contributed by atoms with E-state index in [9.17, 15) is 0 Å². The largest absolute Gasteiger partial charge is 0.359 e. The van der Waals surface area contributed by atoms with E-state index in [2.05, 4.69) is 37.0 Å². The summed E-state index contributed by atoms with van der Waals surface area (Å²) in [6.45, 7) is 4.24. The number of H-pyrrole nitrogens is 1. The lowest BCUT2D eigenvalue weighted by molar-refractivity contribution is 0.763. The summed E-state index contributed by atoms with van der Waals surface area (Å²) < 4.78 is 0. The highest BCUT2D eigenvalue weighted by molar-refractivity contribution is 6.26.